The zero-order chi connectivity index (χ0) is 15.1. The number of carbonyl (C=O) groups is 1. The number of nitrogens with one attached hydrogen (secondary N) is 1. The van der Waals surface area contributed by atoms with Crippen molar-refractivity contribution >= 4 is 17.5 Å². The van der Waals surface area contributed by atoms with Crippen molar-refractivity contribution in [3.8, 4) is 0 Å². The molecule has 1 atom stereocenters. The second kappa shape index (κ2) is 7.81. The van der Waals surface area contributed by atoms with Gasteiger partial charge in [0.15, 0.2) is 0 Å². The van der Waals surface area contributed by atoms with Gasteiger partial charge in [0.05, 0.1) is 12.6 Å². The minimum atomic E-state index is -0.131. The number of halogens is 1. The highest BCUT2D eigenvalue weighted by Gasteiger charge is 2.09. The topological polar surface area (TPSA) is 38.3 Å². The fraction of sp³-hybridized carbons (Fsp3) is 0.235. The SMILES string of the molecule is CC(NC(=O)COCc1ccccc1)c1ccc(Cl)cc1. The second-order valence-corrected chi connectivity index (χ2v) is 5.26. The van der Waals surface area contributed by atoms with Crippen LogP contribution in [0.3, 0.4) is 0 Å². The van der Waals surface area contributed by atoms with Crippen molar-refractivity contribution in [1.29, 1.82) is 0 Å². The third kappa shape index (κ3) is 5.21. The molecule has 0 saturated carbocycles. The van der Waals surface area contributed by atoms with Crippen LogP contribution in [0.4, 0.5) is 0 Å². The molecule has 4 heteroatoms. The first-order valence-corrected chi connectivity index (χ1v) is 7.19. The number of hydrogen-bond donors (Lipinski definition) is 1. The Kier molecular flexibility index (Phi) is 5.78. The summed E-state index contributed by atoms with van der Waals surface area (Å²) < 4.78 is 5.40. The van der Waals surface area contributed by atoms with Gasteiger partial charge in [0.1, 0.15) is 6.61 Å². The van der Waals surface area contributed by atoms with Crippen LogP contribution in [0.2, 0.25) is 5.02 Å². The molecule has 0 heterocycles. The van der Waals surface area contributed by atoms with E-state index in [1.807, 2.05) is 61.5 Å². The summed E-state index contributed by atoms with van der Waals surface area (Å²) in [5.74, 6) is -0.131. The van der Waals surface area contributed by atoms with Gasteiger partial charge in [-0.15, -0.1) is 0 Å². The van der Waals surface area contributed by atoms with Crippen LogP contribution >= 0.6 is 11.6 Å². The smallest absolute Gasteiger partial charge is 0.246 e. The van der Waals surface area contributed by atoms with E-state index in [1.165, 1.54) is 0 Å². The Balaban J connectivity index is 1.75. The molecule has 0 radical (unpaired) electrons. The van der Waals surface area contributed by atoms with Crippen LogP contribution in [0.25, 0.3) is 0 Å². The molecule has 0 aromatic heterocycles. The molecule has 1 amide bonds. The molecule has 0 aliphatic heterocycles. The lowest BCUT2D eigenvalue weighted by Crippen LogP contribution is -2.30. The fourth-order valence-electron chi connectivity index (χ4n) is 1.95. The van der Waals surface area contributed by atoms with Crippen LogP contribution < -0.4 is 5.32 Å². The van der Waals surface area contributed by atoms with Gasteiger partial charge in [-0.2, -0.15) is 0 Å². The summed E-state index contributed by atoms with van der Waals surface area (Å²) in [5, 5.41) is 3.58. The maximum Gasteiger partial charge on any atom is 0.246 e. The maximum absolute atomic E-state index is 11.8. The highest BCUT2D eigenvalue weighted by atomic mass is 35.5. The van der Waals surface area contributed by atoms with E-state index in [2.05, 4.69) is 5.32 Å². The van der Waals surface area contributed by atoms with Crippen molar-refractivity contribution in [3.05, 3.63) is 70.7 Å². The minimum absolute atomic E-state index is 0.0484. The van der Waals surface area contributed by atoms with E-state index in [4.69, 9.17) is 16.3 Å². The summed E-state index contributed by atoms with van der Waals surface area (Å²) in [6, 6.07) is 17.1. The van der Waals surface area contributed by atoms with Crippen LogP contribution in [0.5, 0.6) is 0 Å². The van der Waals surface area contributed by atoms with Crippen LogP contribution in [-0.4, -0.2) is 12.5 Å². The van der Waals surface area contributed by atoms with Gasteiger partial charge in [-0.3, -0.25) is 4.79 Å². The Hall–Kier alpha value is -1.84. The van der Waals surface area contributed by atoms with Gasteiger partial charge >= 0.3 is 0 Å². The highest BCUT2D eigenvalue weighted by molar-refractivity contribution is 6.30. The molecule has 110 valence electrons. The predicted octanol–water partition coefficient (Wildman–Crippen LogP) is 3.73. The molecule has 1 unspecified atom stereocenters. The third-order valence-electron chi connectivity index (χ3n) is 3.09. The van der Waals surface area contributed by atoms with E-state index in [0.717, 1.165) is 11.1 Å². The first-order valence-electron chi connectivity index (χ1n) is 6.81. The Morgan fingerprint density at radius 1 is 1.14 bits per heavy atom. The van der Waals surface area contributed by atoms with Crippen molar-refractivity contribution in [2.45, 2.75) is 19.6 Å². The average Bonchev–Trinajstić information content (AvgIpc) is 2.49. The number of hydrogen-bond acceptors (Lipinski definition) is 2. The van der Waals surface area contributed by atoms with Gasteiger partial charge in [0.25, 0.3) is 0 Å². The van der Waals surface area contributed by atoms with Crippen molar-refractivity contribution in [3.63, 3.8) is 0 Å². The zero-order valence-electron chi connectivity index (χ0n) is 11.9. The van der Waals surface area contributed by atoms with Crippen molar-refractivity contribution in [2.75, 3.05) is 6.61 Å². The lowest BCUT2D eigenvalue weighted by Gasteiger charge is -2.14. The third-order valence-corrected chi connectivity index (χ3v) is 3.34. The second-order valence-electron chi connectivity index (χ2n) is 4.82. The molecule has 3 nitrogen and oxygen atoms in total. The summed E-state index contributed by atoms with van der Waals surface area (Å²) in [6.07, 6.45) is 0. The number of rotatable bonds is 6. The number of amides is 1. The first kappa shape index (κ1) is 15.5. The van der Waals surface area contributed by atoms with Gasteiger partial charge in [0, 0.05) is 5.02 Å². The van der Waals surface area contributed by atoms with Crippen LogP contribution in [0, 0.1) is 0 Å². The Morgan fingerprint density at radius 2 is 1.81 bits per heavy atom. The van der Waals surface area contributed by atoms with E-state index in [0.29, 0.717) is 11.6 Å². The van der Waals surface area contributed by atoms with E-state index in [9.17, 15) is 4.79 Å². The molecule has 21 heavy (non-hydrogen) atoms. The lowest BCUT2D eigenvalue weighted by atomic mass is 10.1. The maximum atomic E-state index is 11.8. The van der Waals surface area contributed by atoms with Crippen LogP contribution in [0.1, 0.15) is 24.1 Å². The Bertz CT molecular complexity index is 569. The molecule has 2 aromatic carbocycles. The quantitative estimate of drug-likeness (QED) is 0.883. The average molecular weight is 304 g/mol. The number of benzene rings is 2. The Morgan fingerprint density at radius 3 is 2.48 bits per heavy atom. The fourth-order valence-corrected chi connectivity index (χ4v) is 2.08. The van der Waals surface area contributed by atoms with E-state index < -0.39 is 0 Å². The molecule has 2 rings (SSSR count). The van der Waals surface area contributed by atoms with Crippen molar-refractivity contribution in [2.24, 2.45) is 0 Å². The van der Waals surface area contributed by atoms with Crippen LogP contribution in [-0.2, 0) is 16.1 Å². The molecule has 0 bridgehead atoms. The molecule has 1 N–H and O–H groups in total. The Labute approximate surface area is 129 Å². The molecule has 0 fully saturated rings. The molecular weight excluding hydrogens is 286 g/mol. The van der Waals surface area contributed by atoms with Gasteiger partial charge in [0.2, 0.25) is 5.91 Å². The van der Waals surface area contributed by atoms with Gasteiger partial charge in [-0.05, 0) is 30.2 Å². The lowest BCUT2D eigenvalue weighted by molar-refractivity contribution is -0.126. The minimum Gasteiger partial charge on any atom is -0.367 e. The normalized spacial score (nSPS) is 11.9. The summed E-state index contributed by atoms with van der Waals surface area (Å²) in [6.45, 7) is 2.41. The van der Waals surface area contributed by atoms with Gasteiger partial charge in [-0.25, -0.2) is 0 Å². The summed E-state index contributed by atoms with van der Waals surface area (Å²) in [5.41, 5.74) is 2.06. The van der Waals surface area contributed by atoms with Crippen molar-refractivity contribution in [1.82, 2.24) is 5.32 Å². The zero-order valence-corrected chi connectivity index (χ0v) is 12.6. The first-order chi connectivity index (χ1) is 10.1. The van der Waals surface area contributed by atoms with E-state index >= 15 is 0 Å². The molecule has 2 aromatic rings. The van der Waals surface area contributed by atoms with E-state index in [-0.39, 0.29) is 18.6 Å². The molecule has 0 spiro atoms. The summed E-state index contributed by atoms with van der Waals surface area (Å²) >= 11 is 5.84. The highest BCUT2D eigenvalue weighted by Crippen LogP contribution is 2.15. The van der Waals surface area contributed by atoms with Gasteiger partial charge < -0.3 is 10.1 Å². The molecule has 0 aliphatic rings. The van der Waals surface area contributed by atoms with Crippen molar-refractivity contribution < 1.29 is 9.53 Å². The standard InChI is InChI=1S/C17H18ClNO2/c1-13(15-7-9-16(18)10-8-15)19-17(20)12-21-11-14-5-3-2-4-6-14/h2-10,13H,11-12H2,1H3,(H,19,20). The predicted molar refractivity (Wildman–Crippen MR) is 84.1 cm³/mol. The number of carbonyl (C=O) groups excluding carboxylic acids is 1. The van der Waals surface area contributed by atoms with Crippen LogP contribution in [0.15, 0.2) is 54.6 Å². The molecule has 0 saturated heterocycles. The summed E-state index contributed by atoms with van der Waals surface area (Å²) in [4.78, 5) is 11.8. The molecule has 0 aliphatic carbocycles. The monoisotopic (exact) mass is 303 g/mol. The largest absolute Gasteiger partial charge is 0.367 e. The number of ether oxygens (including phenoxy) is 1. The summed E-state index contributed by atoms with van der Waals surface area (Å²) in [7, 11) is 0. The van der Waals surface area contributed by atoms with E-state index in [1.54, 1.807) is 0 Å². The molecular formula is C17H18ClNO2. The van der Waals surface area contributed by atoms with Gasteiger partial charge in [-0.1, -0.05) is 54.1 Å².